The molecule has 1 amide bonds. The molecule has 0 bridgehead atoms. The van der Waals surface area contributed by atoms with Crippen molar-refractivity contribution < 1.29 is 9.53 Å². The molecule has 0 spiro atoms. The number of amides is 1. The Morgan fingerprint density at radius 1 is 1.19 bits per heavy atom. The molecule has 0 aromatic heterocycles. The highest BCUT2D eigenvalue weighted by molar-refractivity contribution is 5.71. The first-order valence-electron chi connectivity index (χ1n) is 6.98. The minimum absolute atomic E-state index is 0.489. The van der Waals surface area contributed by atoms with Gasteiger partial charge in [-0.25, -0.2) is 4.79 Å². The second-order valence-electron chi connectivity index (χ2n) is 5.96. The van der Waals surface area contributed by atoms with E-state index in [-0.39, 0.29) is 0 Å². The number of nitrogens with two attached hydrogens (primary N) is 1. The van der Waals surface area contributed by atoms with Crippen LogP contribution < -0.4 is 11.1 Å². The molecule has 3 N–H and O–H groups in total. The van der Waals surface area contributed by atoms with Crippen LogP contribution in [0.15, 0.2) is 47.2 Å². The highest BCUT2D eigenvalue weighted by Gasteiger charge is 2.16. The van der Waals surface area contributed by atoms with E-state index >= 15 is 0 Å². The number of allylic oxidation sites excluding steroid dienone is 5. The monoisotopic (exact) mass is 292 g/mol. The van der Waals surface area contributed by atoms with Crippen molar-refractivity contribution in [2.24, 2.45) is 5.73 Å². The third-order valence-electron chi connectivity index (χ3n) is 2.64. The van der Waals surface area contributed by atoms with Crippen molar-refractivity contribution >= 4 is 6.09 Å². The first-order chi connectivity index (χ1) is 9.56. The van der Waals surface area contributed by atoms with Crippen LogP contribution in [-0.4, -0.2) is 18.2 Å². The van der Waals surface area contributed by atoms with Gasteiger partial charge in [0.2, 0.25) is 0 Å². The average Bonchev–Trinajstić information content (AvgIpc) is 2.31. The Balaban J connectivity index is 5.04. The van der Waals surface area contributed by atoms with Crippen molar-refractivity contribution in [2.75, 3.05) is 6.54 Å². The van der Waals surface area contributed by atoms with Crippen molar-refractivity contribution in [1.29, 1.82) is 0 Å². The smallest absolute Gasteiger partial charge is 0.412 e. The Hall–Kier alpha value is -1.81. The van der Waals surface area contributed by atoms with E-state index in [0.29, 0.717) is 12.2 Å². The summed E-state index contributed by atoms with van der Waals surface area (Å²) in [5, 5.41) is 2.71. The van der Waals surface area contributed by atoms with Crippen molar-refractivity contribution in [2.45, 2.75) is 47.1 Å². The number of carbonyl (C=O) groups is 1. The minimum atomic E-state index is -0.531. The zero-order chi connectivity index (χ0) is 16.6. The van der Waals surface area contributed by atoms with Gasteiger partial charge in [0.25, 0.3) is 0 Å². The number of alkyl carbamates (subject to hydrolysis) is 1. The minimum Gasteiger partial charge on any atom is -0.444 e. The summed E-state index contributed by atoms with van der Waals surface area (Å²) in [7, 11) is 0. The molecule has 0 fully saturated rings. The van der Waals surface area contributed by atoms with Crippen LogP contribution in [0.1, 0.15) is 41.5 Å². The van der Waals surface area contributed by atoms with E-state index in [0.717, 1.165) is 16.7 Å². The summed E-state index contributed by atoms with van der Waals surface area (Å²) in [6.45, 7) is 15.6. The Labute approximate surface area is 128 Å². The molecule has 0 radical (unpaired) electrons. The highest BCUT2D eigenvalue weighted by Crippen LogP contribution is 2.12. The molecule has 4 heteroatoms. The van der Waals surface area contributed by atoms with Crippen LogP contribution in [-0.2, 0) is 4.74 Å². The lowest BCUT2D eigenvalue weighted by Crippen LogP contribution is -2.32. The van der Waals surface area contributed by atoms with Gasteiger partial charge < -0.3 is 10.5 Å². The van der Waals surface area contributed by atoms with Gasteiger partial charge in [0.1, 0.15) is 5.60 Å². The van der Waals surface area contributed by atoms with Crippen LogP contribution >= 0.6 is 0 Å². The van der Waals surface area contributed by atoms with Gasteiger partial charge in [0, 0.05) is 12.2 Å². The summed E-state index contributed by atoms with van der Waals surface area (Å²) in [6, 6.07) is 0. The molecule has 0 aliphatic carbocycles. The standard InChI is InChI=1S/C17H28N2O2/c1-12(2)15(19-16(20)21-17(5,6)7)9-8-13(3)14(4)10-11-18/h8-10H,1,11,18H2,2-7H3,(H,19,20)/b13-8+,14-10-,15-9+. The van der Waals surface area contributed by atoms with Gasteiger partial charge >= 0.3 is 6.09 Å². The first-order valence-corrected chi connectivity index (χ1v) is 6.98. The van der Waals surface area contributed by atoms with Crippen LogP contribution in [0, 0.1) is 0 Å². The fourth-order valence-electron chi connectivity index (χ4n) is 1.38. The van der Waals surface area contributed by atoms with Gasteiger partial charge in [-0.05, 0) is 58.8 Å². The molecule has 0 aromatic carbocycles. The van der Waals surface area contributed by atoms with E-state index in [1.807, 2.05) is 59.8 Å². The lowest BCUT2D eigenvalue weighted by atomic mass is 10.1. The van der Waals surface area contributed by atoms with Crippen molar-refractivity contribution in [1.82, 2.24) is 5.32 Å². The predicted octanol–water partition coefficient (Wildman–Crippen LogP) is 3.82. The van der Waals surface area contributed by atoms with Crippen molar-refractivity contribution in [3.8, 4) is 0 Å². The molecular weight excluding hydrogens is 264 g/mol. The van der Waals surface area contributed by atoms with Crippen molar-refractivity contribution in [3.05, 3.63) is 47.2 Å². The Kier molecular flexibility index (Phi) is 7.74. The molecule has 0 aliphatic heterocycles. The lowest BCUT2D eigenvalue weighted by Gasteiger charge is -2.20. The Morgan fingerprint density at radius 3 is 2.19 bits per heavy atom. The third-order valence-corrected chi connectivity index (χ3v) is 2.64. The molecule has 21 heavy (non-hydrogen) atoms. The average molecular weight is 292 g/mol. The summed E-state index contributed by atoms with van der Waals surface area (Å²) in [6.07, 6.45) is 5.19. The third kappa shape index (κ3) is 8.87. The largest absolute Gasteiger partial charge is 0.444 e. The number of nitrogens with one attached hydrogen (secondary N) is 1. The number of rotatable bonds is 5. The number of hydrogen-bond acceptors (Lipinski definition) is 3. The summed E-state index contributed by atoms with van der Waals surface area (Å²) in [5.74, 6) is 0. The van der Waals surface area contributed by atoms with E-state index in [2.05, 4.69) is 11.9 Å². The molecule has 0 rings (SSSR count). The number of hydrogen-bond donors (Lipinski definition) is 2. The summed E-state index contributed by atoms with van der Waals surface area (Å²) < 4.78 is 5.23. The van der Waals surface area contributed by atoms with Gasteiger partial charge in [0.05, 0.1) is 0 Å². The van der Waals surface area contributed by atoms with Crippen LogP contribution in [0.25, 0.3) is 0 Å². The van der Waals surface area contributed by atoms with Crippen molar-refractivity contribution in [3.63, 3.8) is 0 Å². The SMILES string of the molecule is C=C(C)\C(=C/C=C(C)/C(C)=C\CN)NC(=O)OC(C)(C)C. The second-order valence-corrected chi connectivity index (χ2v) is 5.96. The fraction of sp³-hybridized carbons (Fsp3) is 0.471. The van der Waals surface area contributed by atoms with E-state index in [1.54, 1.807) is 0 Å². The predicted molar refractivity (Wildman–Crippen MR) is 88.8 cm³/mol. The van der Waals surface area contributed by atoms with Gasteiger partial charge in [-0.3, -0.25) is 5.32 Å². The molecule has 0 atom stereocenters. The Bertz CT molecular complexity index is 478. The molecule has 0 aliphatic rings. The zero-order valence-corrected chi connectivity index (χ0v) is 14.0. The van der Waals surface area contributed by atoms with Gasteiger partial charge in [-0.15, -0.1) is 0 Å². The van der Waals surface area contributed by atoms with Crippen LogP contribution in [0.4, 0.5) is 4.79 Å². The zero-order valence-electron chi connectivity index (χ0n) is 14.0. The van der Waals surface area contributed by atoms with Crippen LogP contribution in [0.5, 0.6) is 0 Å². The molecule has 0 unspecified atom stereocenters. The first kappa shape index (κ1) is 19.2. The highest BCUT2D eigenvalue weighted by atomic mass is 16.6. The van der Waals surface area contributed by atoms with E-state index in [1.165, 1.54) is 0 Å². The van der Waals surface area contributed by atoms with E-state index in [4.69, 9.17) is 10.5 Å². The van der Waals surface area contributed by atoms with Gasteiger partial charge in [-0.2, -0.15) is 0 Å². The number of ether oxygens (including phenoxy) is 1. The van der Waals surface area contributed by atoms with E-state index < -0.39 is 11.7 Å². The maximum atomic E-state index is 11.8. The van der Waals surface area contributed by atoms with Gasteiger partial charge in [0.15, 0.2) is 0 Å². The van der Waals surface area contributed by atoms with Gasteiger partial charge in [-0.1, -0.05) is 24.3 Å². The normalized spacial score (nSPS) is 14.0. The molecular formula is C17H28N2O2. The number of carbonyl (C=O) groups excluding carboxylic acids is 1. The summed E-state index contributed by atoms with van der Waals surface area (Å²) in [5.41, 5.74) is 8.52. The molecule has 118 valence electrons. The maximum Gasteiger partial charge on any atom is 0.412 e. The van der Waals surface area contributed by atoms with Crippen LogP contribution in [0.3, 0.4) is 0 Å². The van der Waals surface area contributed by atoms with Crippen LogP contribution in [0.2, 0.25) is 0 Å². The topological polar surface area (TPSA) is 64.3 Å². The molecule has 0 saturated heterocycles. The summed E-state index contributed by atoms with van der Waals surface area (Å²) in [4.78, 5) is 11.8. The molecule has 0 aromatic rings. The molecule has 0 heterocycles. The fourth-order valence-corrected chi connectivity index (χ4v) is 1.38. The molecule has 0 saturated carbocycles. The maximum absolute atomic E-state index is 11.8. The second kappa shape index (κ2) is 8.47. The molecule has 4 nitrogen and oxygen atoms in total. The van der Waals surface area contributed by atoms with E-state index in [9.17, 15) is 4.79 Å². The Morgan fingerprint density at radius 2 is 1.76 bits per heavy atom. The quantitative estimate of drug-likeness (QED) is 0.757. The summed E-state index contributed by atoms with van der Waals surface area (Å²) >= 11 is 0. The lowest BCUT2D eigenvalue weighted by molar-refractivity contribution is 0.0547.